The Kier molecular flexibility index (Phi) is 9.85. The first-order valence-electron chi connectivity index (χ1n) is 16.9. The summed E-state index contributed by atoms with van der Waals surface area (Å²) < 4.78 is 5.16. The van der Waals surface area contributed by atoms with Crippen molar-refractivity contribution in [3.05, 3.63) is 71.3 Å². The zero-order chi connectivity index (χ0) is 30.5. The minimum atomic E-state index is -0.141. The molecule has 0 N–H and O–H groups in total. The number of piperidine rings is 2. The van der Waals surface area contributed by atoms with Crippen molar-refractivity contribution in [2.45, 2.75) is 89.4 Å². The lowest BCUT2D eigenvalue weighted by atomic mass is 9.94. The molecule has 4 aliphatic rings. The number of rotatable bonds is 8. The zero-order valence-corrected chi connectivity index (χ0v) is 26.2. The number of likely N-dealkylation sites (tertiary alicyclic amines) is 2. The van der Waals surface area contributed by atoms with Crippen LogP contribution in [0.4, 0.5) is 4.79 Å². The monoisotopic (exact) mass is 600 g/mol. The van der Waals surface area contributed by atoms with E-state index < -0.39 is 0 Å². The van der Waals surface area contributed by atoms with Gasteiger partial charge in [0.25, 0.3) is 5.91 Å². The number of carbonyl (C=O) groups excluding carboxylic acids is 3. The van der Waals surface area contributed by atoms with Crippen LogP contribution in [0.5, 0.6) is 0 Å². The zero-order valence-electron chi connectivity index (χ0n) is 26.2. The summed E-state index contributed by atoms with van der Waals surface area (Å²) in [6.07, 6.45) is 9.30. The van der Waals surface area contributed by atoms with Crippen LogP contribution < -0.4 is 0 Å². The summed E-state index contributed by atoms with van der Waals surface area (Å²) in [7, 11) is 0. The first-order valence-corrected chi connectivity index (χ1v) is 16.9. The summed E-state index contributed by atoms with van der Waals surface area (Å²) in [6, 6.07) is 19.7. The van der Waals surface area contributed by atoms with Gasteiger partial charge >= 0.3 is 12.0 Å². The molecule has 8 heteroatoms. The third-order valence-electron chi connectivity index (χ3n) is 10.3. The molecule has 2 aromatic carbocycles. The van der Waals surface area contributed by atoms with Gasteiger partial charge in [0, 0.05) is 56.9 Å². The van der Waals surface area contributed by atoms with Crippen molar-refractivity contribution >= 4 is 17.9 Å². The van der Waals surface area contributed by atoms with E-state index in [-0.39, 0.29) is 35.9 Å². The summed E-state index contributed by atoms with van der Waals surface area (Å²) in [5, 5.41) is 0. The Bertz CT molecular complexity index is 1260. The number of esters is 1. The maximum atomic E-state index is 13.9. The maximum Gasteiger partial charge on any atom is 0.321 e. The minimum Gasteiger partial charge on any atom is -0.466 e. The smallest absolute Gasteiger partial charge is 0.321 e. The quantitative estimate of drug-likeness (QED) is 0.354. The molecule has 3 saturated heterocycles. The number of ether oxygens (including phenoxy) is 1. The van der Waals surface area contributed by atoms with Gasteiger partial charge in [-0.25, -0.2) is 4.79 Å². The van der Waals surface area contributed by atoms with Crippen molar-refractivity contribution in [3.8, 4) is 0 Å². The molecule has 0 aromatic heterocycles. The van der Waals surface area contributed by atoms with Crippen LogP contribution in [0, 0.1) is 5.92 Å². The van der Waals surface area contributed by atoms with Gasteiger partial charge in [-0.05, 0) is 68.7 Å². The van der Waals surface area contributed by atoms with Gasteiger partial charge in [0.05, 0.1) is 18.6 Å². The van der Waals surface area contributed by atoms with Gasteiger partial charge in [0.2, 0.25) is 0 Å². The largest absolute Gasteiger partial charge is 0.466 e. The van der Waals surface area contributed by atoms with Gasteiger partial charge < -0.3 is 19.4 Å². The molecule has 1 saturated carbocycles. The molecule has 3 heterocycles. The van der Waals surface area contributed by atoms with E-state index in [2.05, 4.69) is 57.2 Å². The lowest BCUT2D eigenvalue weighted by molar-refractivity contribution is -0.149. The number of carbonyl (C=O) groups is 3. The summed E-state index contributed by atoms with van der Waals surface area (Å²) in [6.45, 7) is 6.95. The number of benzene rings is 2. The molecule has 0 radical (unpaired) electrons. The van der Waals surface area contributed by atoms with Crippen LogP contribution in [0.25, 0.3) is 0 Å². The predicted octanol–water partition coefficient (Wildman–Crippen LogP) is 5.88. The molecule has 1 unspecified atom stereocenters. The van der Waals surface area contributed by atoms with E-state index in [4.69, 9.17) is 4.74 Å². The van der Waals surface area contributed by atoms with Crippen LogP contribution in [0.2, 0.25) is 0 Å². The fourth-order valence-corrected chi connectivity index (χ4v) is 7.81. The molecular weight excluding hydrogens is 552 g/mol. The fraction of sp³-hybridized carbons (Fsp3) is 0.583. The lowest BCUT2D eigenvalue weighted by Crippen LogP contribution is -2.48. The Morgan fingerprint density at radius 3 is 2.14 bits per heavy atom. The lowest BCUT2D eigenvalue weighted by Gasteiger charge is -2.39. The highest BCUT2D eigenvalue weighted by atomic mass is 16.5. The number of hydrogen-bond acceptors (Lipinski definition) is 5. The van der Waals surface area contributed by atoms with Gasteiger partial charge in [-0.3, -0.25) is 14.5 Å². The first-order chi connectivity index (χ1) is 21.5. The van der Waals surface area contributed by atoms with E-state index in [0.29, 0.717) is 44.1 Å². The number of urea groups is 1. The number of hydrogen-bond donors (Lipinski definition) is 0. The second kappa shape index (κ2) is 14.1. The van der Waals surface area contributed by atoms with E-state index in [1.807, 2.05) is 24.0 Å². The highest BCUT2D eigenvalue weighted by molar-refractivity contribution is 5.94. The summed E-state index contributed by atoms with van der Waals surface area (Å²) in [4.78, 5) is 47.8. The summed E-state index contributed by atoms with van der Waals surface area (Å²) in [5.41, 5.74) is 3.15. The molecule has 1 aliphatic carbocycles. The van der Waals surface area contributed by atoms with Gasteiger partial charge in [-0.1, -0.05) is 61.7 Å². The highest BCUT2D eigenvalue weighted by Crippen LogP contribution is 2.38. The molecule has 4 fully saturated rings. The average molecular weight is 601 g/mol. The van der Waals surface area contributed by atoms with Crippen LogP contribution in [0.15, 0.2) is 54.6 Å². The molecule has 8 nitrogen and oxygen atoms in total. The minimum absolute atomic E-state index is 0.0326. The summed E-state index contributed by atoms with van der Waals surface area (Å²) >= 11 is 0. The van der Waals surface area contributed by atoms with Gasteiger partial charge in [0.1, 0.15) is 0 Å². The predicted molar refractivity (Wildman–Crippen MR) is 170 cm³/mol. The van der Waals surface area contributed by atoms with Crippen LogP contribution in [-0.4, -0.2) is 88.9 Å². The SMILES string of the molecule is CCOC(=O)C1CCN(C(=O)c2ccc(CN3CCC(N4C(=O)N(C5CCCCC5)CC4c4ccccc4)CC3)cc2)CC1. The number of nitrogens with zero attached hydrogens (tertiary/aromatic N) is 4. The molecular formula is C36H48N4O4. The third-order valence-corrected chi connectivity index (χ3v) is 10.3. The topological polar surface area (TPSA) is 73.4 Å². The first kappa shape index (κ1) is 30.6. The van der Waals surface area contributed by atoms with Crippen molar-refractivity contribution in [1.29, 1.82) is 0 Å². The Morgan fingerprint density at radius 2 is 1.48 bits per heavy atom. The van der Waals surface area contributed by atoms with Crippen LogP contribution in [0.1, 0.15) is 92.2 Å². The molecule has 3 aliphatic heterocycles. The molecule has 1 atom stereocenters. The van der Waals surface area contributed by atoms with Crippen molar-refractivity contribution in [2.24, 2.45) is 5.92 Å². The van der Waals surface area contributed by atoms with Crippen LogP contribution >= 0.6 is 0 Å². The molecule has 44 heavy (non-hydrogen) atoms. The third kappa shape index (κ3) is 6.80. The van der Waals surface area contributed by atoms with Crippen LogP contribution in [0.3, 0.4) is 0 Å². The van der Waals surface area contributed by atoms with Gasteiger partial charge in [0.15, 0.2) is 0 Å². The molecule has 6 rings (SSSR count). The Morgan fingerprint density at radius 1 is 0.795 bits per heavy atom. The normalized spacial score (nSPS) is 22.9. The van der Waals surface area contributed by atoms with Crippen LogP contribution in [-0.2, 0) is 16.1 Å². The van der Waals surface area contributed by atoms with Gasteiger partial charge in [-0.2, -0.15) is 0 Å². The van der Waals surface area contributed by atoms with E-state index in [0.717, 1.165) is 51.9 Å². The fourth-order valence-electron chi connectivity index (χ4n) is 7.81. The Hall–Kier alpha value is -3.39. The molecule has 3 amide bonds. The molecule has 2 aromatic rings. The summed E-state index contributed by atoms with van der Waals surface area (Å²) in [5.74, 6) is -0.211. The number of amides is 3. The van der Waals surface area contributed by atoms with E-state index in [9.17, 15) is 14.4 Å². The molecule has 0 bridgehead atoms. The van der Waals surface area contributed by atoms with Crippen molar-refractivity contribution in [2.75, 3.05) is 39.3 Å². The van der Waals surface area contributed by atoms with Gasteiger partial charge in [-0.15, -0.1) is 0 Å². The standard InChI is InChI=1S/C36H48N4O4/c1-2-44-35(42)30-17-23-38(24-18-30)34(41)29-15-13-27(14-16-29)25-37-21-19-32(20-22-37)40-33(28-9-5-3-6-10-28)26-39(36(40)43)31-11-7-4-8-12-31/h3,5-6,9-10,13-16,30-33H,2,4,7-8,11-12,17-26H2,1H3. The van der Waals surface area contributed by atoms with E-state index in [1.54, 1.807) is 0 Å². The Labute approximate surface area is 262 Å². The second-order valence-electron chi connectivity index (χ2n) is 13.1. The highest BCUT2D eigenvalue weighted by Gasteiger charge is 2.45. The maximum absolute atomic E-state index is 13.9. The van der Waals surface area contributed by atoms with Crippen molar-refractivity contribution in [3.63, 3.8) is 0 Å². The molecule has 236 valence electrons. The van der Waals surface area contributed by atoms with E-state index in [1.165, 1.54) is 30.4 Å². The molecule has 0 spiro atoms. The van der Waals surface area contributed by atoms with Crippen molar-refractivity contribution in [1.82, 2.24) is 19.6 Å². The Balaban J connectivity index is 1.03. The second-order valence-corrected chi connectivity index (χ2v) is 13.1. The van der Waals surface area contributed by atoms with Crippen molar-refractivity contribution < 1.29 is 19.1 Å². The average Bonchev–Trinajstić information content (AvgIpc) is 3.43. The van der Waals surface area contributed by atoms with E-state index >= 15 is 0 Å².